The molecule has 1 aliphatic rings. The van der Waals surface area contributed by atoms with E-state index in [2.05, 4.69) is 63.5 Å². The molecule has 5 nitrogen and oxygen atoms in total. The summed E-state index contributed by atoms with van der Waals surface area (Å²) in [7, 11) is 0. The molecule has 1 saturated heterocycles. The number of rotatable bonds is 7. The van der Waals surface area contributed by atoms with E-state index in [4.69, 9.17) is 16.3 Å². The first-order chi connectivity index (χ1) is 16.7. The van der Waals surface area contributed by atoms with Crippen LogP contribution in [0.2, 0.25) is 5.02 Å². The first-order valence-corrected chi connectivity index (χ1v) is 11.8. The van der Waals surface area contributed by atoms with Gasteiger partial charge in [0.05, 0.1) is 23.9 Å². The van der Waals surface area contributed by atoms with Crippen LogP contribution in [0.3, 0.4) is 0 Å². The molecular formula is C28H27ClN4O. The van der Waals surface area contributed by atoms with Crippen LogP contribution >= 0.6 is 11.6 Å². The molecule has 0 radical (unpaired) electrons. The van der Waals surface area contributed by atoms with E-state index in [9.17, 15) is 0 Å². The number of pyridine rings is 1. The largest absolute Gasteiger partial charge is 0.379 e. The van der Waals surface area contributed by atoms with Crippen molar-refractivity contribution in [3.05, 3.63) is 102 Å². The molecule has 0 aliphatic carbocycles. The molecule has 3 aromatic carbocycles. The maximum atomic E-state index is 6.57. The minimum atomic E-state index is 0.656. The van der Waals surface area contributed by atoms with Crippen LogP contribution in [-0.4, -0.2) is 36.2 Å². The molecule has 5 rings (SSSR count). The highest BCUT2D eigenvalue weighted by Gasteiger charge is 2.12. The zero-order valence-corrected chi connectivity index (χ0v) is 19.7. The zero-order chi connectivity index (χ0) is 23.3. The average molecular weight is 471 g/mol. The van der Waals surface area contributed by atoms with Crippen LogP contribution in [0.5, 0.6) is 0 Å². The van der Waals surface area contributed by atoms with E-state index in [1.165, 1.54) is 5.56 Å². The number of hydrogen-bond acceptors (Lipinski definition) is 5. The third kappa shape index (κ3) is 5.23. The fraction of sp³-hybridized carbons (Fsp3) is 0.179. The third-order valence-electron chi connectivity index (χ3n) is 5.95. The molecular weight excluding hydrogens is 444 g/mol. The van der Waals surface area contributed by atoms with Crippen LogP contribution < -0.4 is 10.6 Å². The van der Waals surface area contributed by atoms with Gasteiger partial charge in [-0.1, -0.05) is 54.6 Å². The Bertz CT molecular complexity index is 1290. The molecule has 0 amide bonds. The summed E-state index contributed by atoms with van der Waals surface area (Å²) in [5.41, 5.74) is 4.89. The summed E-state index contributed by atoms with van der Waals surface area (Å²) in [4.78, 5) is 7.03. The Balaban J connectivity index is 1.27. The summed E-state index contributed by atoms with van der Waals surface area (Å²) in [6.45, 7) is 8.68. The number of ether oxygens (including phenoxy) is 1. The van der Waals surface area contributed by atoms with Gasteiger partial charge < -0.3 is 15.4 Å². The van der Waals surface area contributed by atoms with Crippen molar-refractivity contribution in [1.29, 1.82) is 0 Å². The van der Waals surface area contributed by atoms with Gasteiger partial charge in [-0.25, -0.2) is 0 Å². The normalized spacial score (nSPS) is 14.1. The molecule has 0 spiro atoms. The Morgan fingerprint density at radius 2 is 1.68 bits per heavy atom. The van der Waals surface area contributed by atoms with Gasteiger partial charge in [-0.05, 0) is 47.3 Å². The Labute approximate surface area is 205 Å². The van der Waals surface area contributed by atoms with E-state index in [1.54, 1.807) is 0 Å². The molecule has 1 aromatic heterocycles. The Hall–Kier alpha value is -3.38. The van der Waals surface area contributed by atoms with E-state index in [0.717, 1.165) is 66.3 Å². The van der Waals surface area contributed by atoms with Gasteiger partial charge in [0.25, 0.3) is 0 Å². The van der Waals surface area contributed by atoms with E-state index in [0.29, 0.717) is 10.8 Å². The molecule has 0 bridgehead atoms. The van der Waals surface area contributed by atoms with Crippen molar-refractivity contribution < 1.29 is 4.74 Å². The molecule has 4 aromatic rings. The van der Waals surface area contributed by atoms with Crippen molar-refractivity contribution in [2.45, 2.75) is 6.54 Å². The molecule has 2 heterocycles. The summed E-state index contributed by atoms with van der Waals surface area (Å²) >= 11 is 6.57. The van der Waals surface area contributed by atoms with Crippen LogP contribution in [0.15, 0.2) is 91.4 Å². The second-order valence-electron chi connectivity index (χ2n) is 8.39. The fourth-order valence-electron chi connectivity index (χ4n) is 4.21. The smallest absolute Gasteiger partial charge is 0.100 e. The lowest BCUT2D eigenvalue weighted by molar-refractivity contribution is 0.0342. The number of fused-ring (bicyclic) bond motifs is 1. The van der Waals surface area contributed by atoms with Gasteiger partial charge in [0.1, 0.15) is 5.82 Å². The highest BCUT2D eigenvalue weighted by molar-refractivity contribution is 6.33. The number of nitrogens with one attached hydrogen (secondary N) is 2. The van der Waals surface area contributed by atoms with Gasteiger partial charge in [-0.3, -0.25) is 9.88 Å². The summed E-state index contributed by atoms with van der Waals surface area (Å²) in [6, 6.07) is 24.5. The van der Waals surface area contributed by atoms with Crippen LogP contribution in [0, 0.1) is 0 Å². The van der Waals surface area contributed by atoms with Crippen LogP contribution in [-0.2, 0) is 11.3 Å². The topological polar surface area (TPSA) is 49.4 Å². The van der Waals surface area contributed by atoms with Gasteiger partial charge in [0, 0.05) is 48.2 Å². The molecule has 6 heteroatoms. The number of anilines is 2. The second kappa shape index (κ2) is 10.3. The van der Waals surface area contributed by atoms with Crippen LogP contribution in [0.25, 0.3) is 22.0 Å². The maximum absolute atomic E-state index is 6.57. The van der Waals surface area contributed by atoms with E-state index in [-0.39, 0.29) is 0 Å². The summed E-state index contributed by atoms with van der Waals surface area (Å²) in [5, 5.41) is 9.53. The monoisotopic (exact) mass is 470 g/mol. The van der Waals surface area contributed by atoms with Gasteiger partial charge in [0.15, 0.2) is 0 Å². The number of nitrogens with zero attached hydrogens (tertiary/aromatic N) is 2. The quantitative estimate of drug-likeness (QED) is 0.328. The van der Waals surface area contributed by atoms with Crippen LogP contribution in [0.1, 0.15) is 5.56 Å². The van der Waals surface area contributed by atoms with Crippen molar-refractivity contribution >= 4 is 33.7 Å². The first kappa shape index (κ1) is 22.4. The third-order valence-corrected chi connectivity index (χ3v) is 6.28. The molecule has 34 heavy (non-hydrogen) atoms. The highest BCUT2D eigenvalue weighted by atomic mass is 35.5. The SMILES string of the molecule is C=C(Nc1ccc(CN2CCOCC2)cc1)Nc1ccc(Cl)c(-c2nccc3ccccc23)c1. The van der Waals surface area contributed by atoms with Crippen molar-refractivity contribution in [2.24, 2.45) is 0 Å². The predicted octanol–water partition coefficient (Wildman–Crippen LogP) is 6.38. The standard InChI is InChI=1S/C28H27ClN4O/c1-20(31-23-8-6-21(7-9-23)19-33-14-16-34-17-15-33)32-24-10-11-27(29)26(18-24)28-25-5-3-2-4-22(25)12-13-30-28/h2-13,18,31-32H,1,14-17,19H2. The molecule has 0 atom stereocenters. The molecule has 1 fully saturated rings. The van der Waals surface area contributed by atoms with Crippen LogP contribution in [0.4, 0.5) is 11.4 Å². The molecule has 0 unspecified atom stereocenters. The average Bonchev–Trinajstić information content (AvgIpc) is 2.87. The van der Waals surface area contributed by atoms with Crippen molar-refractivity contribution in [1.82, 2.24) is 9.88 Å². The Morgan fingerprint density at radius 1 is 0.941 bits per heavy atom. The molecule has 1 aliphatic heterocycles. The maximum Gasteiger partial charge on any atom is 0.100 e. The van der Waals surface area contributed by atoms with E-state index < -0.39 is 0 Å². The summed E-state index contributed by atoms with van der Waals surface area (Å²) in [6.07, 6.45) is 1.82. The number of aromatic nitrogens is 1. The Morgan fingerprint density at radius 3 is 2.50 bits per heavy atom. The Kier molecular flexibility index (Phi) is 6.77. The van der Waals surface area contributed by atoms with Gasteiger partial charge in [-0.15, -0.1) is 0 Å². The fourth-order valence-corrected chi connectivity index (χ4v) is 4.42. The van der Waals surface area contributed by atoms with E-state index in [1.807, 2.05) is 42.6 Å². The minimum Gasteiger partial charge on any atom is -0.379 e. The molecule has 2 N–H and O–H groups in total. The number of benzene rings is 3. The zero-order valence-electron chi connectivity index (χ0n) is 18.9. The van der Waals surface area contributed by atoms with Gasteiger partial charge in [-0.2, -0.15) is 0 Å². The molecule has 172 valence electrons. The lowest BCUT2D eigenvalue weighted by Crippen LogP contribution is -2.35. The molecule has 0 saturated carbocycles. The second-order valence-corrected chi connectivity index (χ2v) is 8.80. The van der Waals surface area contributed by atoms with Gasteiger partial charge in [0.2, 0.25) is 0 Å². The highest BCUT2D eigenvalue weighted by Crippen LogP contribution is 2.34. The summed E-state index contributed by atoms with van der Waals surface area (Å²) in [5.74, 6) is 0.681. The van der Waals surface area contributed by atoms with E-state index >= 15 is 0 Å². The summed E-state index contributed by atoms with van der Waals surface area (Å²) < 4.78 is 5.43. The van der Waals surface area contributed by atoms with Crippen molar-refractivity contribution in [3.8, 4) is 11.3 Å². The predicted molar refractivity (Wildman–Crippen MR) is 141 cm³/mol. The lowest BCUT2D eigenvalue weighted by Gasteiger charge is -2.26. The number of morpholine rings is 1. The number of halogens is 1. The lowest BCUT2D eigenvalue weighted by atomic mass is 10.0. The minimum absolute atomic E-state index is 0.656. The van der Waals surface area contributed by atoms with Crippen molar-refractivity contribution in [3.63, 3.8) is 0 Å². The van der Waals surface area contributed by atoms with Crippen molar-refractivity contribution in [2.75, 3.05) is 36.9 Å². The number of hydrogen-bond donors (Lipinski definition) is 2. The van der Waals surface area contributed by atoms with Gasteiger partial charge >= 0.3 is 0 Å². The first-order valence-electron chi connectivity index (χ1n) is 11.4.